The van der Waals surface area contributed by atoms with E-state index in [2.05, 4.69) is 15.3 Å². The number of nitrogens with zero attached hydrogens (tertiary/aromatic N) is 4. The van der Waals surface area contributed by atoms with Gasteiger partial charge < -0.3 is 9.88 Å². The van der Waals surface area contributed by atoms with Crippen molar-refractivity contribution in [2.45, 2.75) is 6.54 Å². The van der Waals surface area contributed by atoms with Gasteiger partial charge in [0.05, 0.1) is 11.1 Å². The second-order valence-electron chi connectivity index (χ2n) is 3.77. The van der Waals surface area contributed by atoms with Crippen LogP contribution in [0.15, 0.2) is 30.9 Å². The largest absolute Gasteiger partial charge is 0.427 e. The van der Waals surface area contributed by atoms with Gasteiger partial charge in [0.2, 0.25) is 0 Å². The van der Waals surface area contributed by atoms with Crippen LogP contribution in [-0.2, 0) is 11.2 Å². The first-order valence-corrected chi connectivity index (χ1v) is 5.54. The van der Waals surface area contributed by atoms with Crippen LogP contribution in [0.25, 0.3) is 5.69 Å². The lowest BCUT2D eigenvalue weighted by molar-refractivity contribution is -0.385. The molecule has 0 atom stereocenters. The van der Waals surface area contributed by atoms with Gasteiger partial charge in [-0.1, -0.05) is 0 Å². The lowest BCUT2D eigenvalue weighted by Gasteiger charge is -2.01. The Labute approximate surface area is 109 Å². The van der Waals surface area contributed by atoms with Gasteiger partial charge in [-0.25, -0.2) is 4.68 Å². The van der Waals surface area contributed by atoms with E-state index in [1.807, 2.05) is 0 Å². The minimum absolute atomic E-state index is 0.0815. The van der Waals surface area contributed by atoms with Crippen molar-refractivity contribution < 1.29 is 9.58 Å². The van der Waals surface area contributed by atoms with Crippen molar-refractivity contribution >= 4 is 13.3 Å². The summed E-state index contributed by atoms with van der Waals surface area (Å²) >= 11 is 0. The first-order valence-electron chi connectivity index (χ1n) is 5.54. The highest BCUT2D eigenvalue weighted by Gasteiger charge is 2.15. The fourth-order valence-corrected chi connectivity index (χ4v) is 1.59. The molecule has 0 unspecified atom stereocenters. The topological polar surface area (TPSA) is 95.1 Å². The van der Waals surface area contributed by atoms with Crippen LogP contribution in [0.2, 0.25) is 0 Å². The molecule has 0 saturated carbocycles. The van der Waals surface area contributed by atoms with Crippen LogP contribution < -0.4 is 5.23 Å². The van der Waals surface area contributed by atoms with Gasteiger partial charge in [0.15, 0.2) is 0 Å². The minimum Gasteiger partial charge on any atom is -0.427 e. The fourth-order valence-electron chi connectivity index (χ4n) is 1.59. The molecule has 8 nitrogen and oxygen atoms in total. The summed E-state index contributed by atoms with van der Waals surface area (Å²) in [6, 6.07) is 1.55. The molecule has 0 aliphatic carbocycles. The SMILES string of the molecule is COBNCc1cnn(-c2ccncc2[N+](=O)[O-])c1. The Morgan fingerprint density at radius 1 is 1.58 bits per heavy atom. The highest BCUT2D eigenvalue weighted by atomic mass is 16.6. The predicted molar refractivity (Wildman–Crippen MR) is 69.0 cm³/mol. The summed E-state index contributed by atoms with van der Waals surface area (Å²) in [5.41, 5.74) is 1.21. The normalized spacial score (nSPS) is 10.4. The van der Waals surface area contributed by atoms with Crippen molar-refractivity contribution in [3.05, 3.63) is 46.5 Å². The molecule has 1 N–H and O–H groups in total. The number of pyridine rings is 1. The van der Waals surface area contributed by atoms with Gasteiger partial charge >= 0.3 is 13.3 Å². The maximum atomic E-state index is 10.9. The molecule has 0 radical (unpaired) electrons. The van der Waals surface area contributed by atoms with Gasteiger partial charge in [0.25, 0.3) is 0 Å². The van der Waals surface area contributed by atoms with Crippen LogP contribution in [0, 0.1) is 10.1 Å². The zero-order valence-electron chi connectivity index (χ0n) is 10.3. The average molecular weight is 261 g/mol. The van der Waals surface area contributed by atoms with Crippen molar-refractivity contribution in [2.24, 2.45) is 0 Å². The van der Waals surface area contributed by atoms with Crippen molar-refractivity contribution in [2.75, 3.05) is 7.11 Å². The molecular weight excluding hydrogens is 249 g/mol. The Balaban J connectivity index is 2.21. The molecule has 98 valence electrons. The third kappa shape index (κ3) is 3.15. The van der Waals surface area contributed by atoms with Crippen molar-refractivity contribution in [3.63, 3.8) is 0 Å². The molecule has 9 heteroatoms. The van der Waals surface area contributed by atoms with Gasteiger partial charge in [-0.2, -0.15) is 5.10 Å². The standard InChI is InChI=1S/C10H12BN5O3/c1-19-11-13-4-8-5-14-15(7-8)9-2-3-12-6-10(9)16(17)18/h2-3,5-7,11,13H,4H2,1H3. The maximum absolute atomic E-state index is 10.9. The van der Waals surface area contributed by atoms with Crippen molar-refractivity contribution in [1.82, 2.24) is 20.0 Å². The molecule has 19 heavy (non-hydrogen) atoms. The number of rotatable bonds is 6. The van der Waals surface area contributed by atoms with Gasteiger partial charge in [-0.15, -0.1) is 0 Å². The van der Waals surface area contributed by atoms with E-state index >= 15 is 0 Å². The lowest BCUT2D eigenvalue weighted by Crippen LogP contribution is -2.19. The highest BCUT2D eigenvalue weighted by Crippen LogP contribution is 2.20. The zero-order valence-corrected chi connectivity index (χ0v) is 10.3. The lowest BCUT2D eigenvalue weighted by atomic mass is 10.2. The molecular formula is C10H12BN5O3. The Kier molecular flexibility index (Phi) is 4.21. The minimum atomic E-state index is -0.479. The number of hydrogen-bond donors (Lipinski definition) is 1. The van der Waals surface area contributed by atoms with Gasteiger partial charge in [-0.3, -0.25) is 15.1 Å². The molecule has 0 amide bonds. The van der Waals surface area contributed by atoms with Gasteiger partial charge in [0, 0.05) is 31.6 Å². The van der Waals surface area contributed by atoms with Gasteiger partial charge in [-0.05, 0) is 6.07 Å². The number of nitrogens with one attached hydrogen (secondary N) is 1. The molecule has 0 spiro atoms. The number of nitro groups is 1. The van der Waals surface area contributed by atoms with E-state index in [0.717, 1.165) is 5.56 Å². The van der Waals surface area contributed by atoms with E-state index in [9.17, 15) is 10.1 Å². The first kappa shape index (κ1) is 13.2. The molecule has 0 aliphatic rings. The molecule has 0 bridgehead atoms. The molecule has 2 heterocycles. The molecule has 0 saturated heterocycles. The Hall–Kier alpha value is -2.26. The van der Waals surface area contributed by atoms with Crippen molar-refractivity contribution in [3.8, 4) is 5.69 Å². The van der Waals surface area contributed by atoms with Crippen LogP contribution in [-0.4, -0.2) is 34.4 Å². The molecule has 2 rings (SSSR count). The monoisotopic (exact) mass is 261 g/mol. The van der Waals surface area contributed by atoms with E-state index < -0.39 is 4.92 Å². The quantitative estimate of drug-likeness (QED) is 0.345. The van der Waals surface area contributed by atoms with Crippen LogP contribution in [0.4, 0.5) is 5.69 Å². The van der Waals surface area contributed by atoms with E-state index in [0.29, 0.717) is 19.8 Å². The smallest absolute Gasteiger partial charge is 0.360 e. The summed E-state index contributed by atoms with van der Waals surface area (Å²) in [6.45, 7) is 0.576. The van der Waals surface area contributed by atoms with Gasteiger partial charge in [0.1, 0.15) is 11.9 Å². The third-order valence-electron chi connectivity index (χ3n) is 2.43. The summed E-state index contributed by atoms with van der Waals surface area (Å²) in [6.07, 6.45) is 6.07. The zero-order chi connectivity index (χ0) is 13.7. The van der Waals surface area contributed by atoms with Crippen molar-refractivity contribution in [1.29, 1.82) is 0 Å². The Morgan fingerprint density at radius 3 is 3.16 bits per heavy atom. The second kappa shape index (κ2) is 6.07. The van der Waals surface area contributed by atoms with E-state index in [1.165, 1.54) is 17.1 Å². The third-order valence-corrected chi connectivity index (χ3v) is 2.43. The number of hydrogen-bond acceptors (Lipinski definition) is 6. The first-order chi connectivity index (χ1) is 9.22. The molecule has 0 fully saturated rings. The van der Waals surface area contributed by atoms with Crippen LogP contribution in [0.5, 0.6) is 0 Å². The van der Waals surface area contributed by atoms with Crippen LogP contribution >= 0.6 is 0 Å². The van der Waals surface area contributed by atoms with Crippen LogP contribution in [0.3, 0.4) is 0 Å². The fraction of sp³-hybridized carbons (Fsp3) is 0.200. The average Bonchev–Trinajstić information content (AvgIpc) is 2.88. The Bertz CT molecular complexity index is 574. The molecule has 0 aromatic carbocycles. The van der Waals surface area contributed by atoms with E-state index in [1.54, 1.807) is 25.6 Å². The molecule has 0 aliphatic heterocycles. The molecule has 2 aromatic rings. The maximum Gasteiger partial charge on any atom is 0.360 e. The molecule has 2 aromatic heterocycles. The second-order valence-corrected chi connectivity index (χ2v) is 3.77. The summed E-state index contributed by atoms with van der Waals surface area (Å²) in [5, 5.41) is 18.1. The summed E-state index contributed by atoms with van der Waals surface area (Å²) in [4.78, 5) is 14.2. The summed E-state index contributed by atoms with van der Waals surface area (Å²) < 4.78 is 6.33. The summed E-state index contributed by atoms with van der Waals surface area (Å²) in [7, 11) is 2.03. The predicted octanol–water partition coefficient (Wildman–Crippen LogP) is 0.178. The van der Waals surface area contributed by atoms with Crippen LogP contribution in [0.1, 0.15) is 5.56 Å². The highest BCUT2D eigenvalue weighted by molar-refractivity contribution is 6.23. The Morgan fingerprint density at radius 2 is 2.42 bits per heavy atom. The summed E-state index contributed by atoms with van der Waals surface area (Å²) in [5.74, 6) is 0. The van der Waals surface area contributed by atoms with E-state index in [4.69, 9.17) is 4.65 Å². The number of aromatic nitrogens is 3. The van der Waals surface area contributed by atoms with E-state index in [-0.39, 0.29) is 5.69 Å².